The maximum atomic E-state index is 8.82. The molecule has 1 saturated heterocycles. The number of hydrogen-bond donors (Lipinski definition) is 1. The molecular formula is C14H28N4O. The van der Waals surface area contributed by atoms with Crippen molar-refractivity contribution in [3.05, 3.63) is 18.6 Å². The van der Waals surface area contributed by atoms with E-state index in [9.17, 15) is 0 Å². The summed E-state index contributed by atoms with van der Waals surface area (Å²) in [6.45, 7) is 12.9. The normalized spacial score (nSPS) is 14.9. The Bertz CT molecular complexity index is 287. The molecule has 5 heteroatoms. The van der Waals surface area contributed by atoms with Crippen LogP contribution in [0.5, 0.6) is 0 Å². The minimum atomic E-state index is 0.241. The first kappa shape index (κ1) is 17.8. The number of piperazine rings is 1. The van der Waals surface area contributed by atoms with Gasteiger partial charge >= 0.3 is 0 Å². The lowest BCUT2D eigenvalue weighted by Gasteiger charge is -2.34. The van der Waals surface area contributed by atoms with Gasteiger partial charge in [-0.05, 0) is 0 Å². The summed E-state index contributed by atoms with van der Waals surface area (Å²) in [5.41, 5.74) is 0. The molecule has 0 radical (unpaired) electrons. The minimum absolute atomic E-state index is 0.241. The van der Waals surface area contributed by atoms with Gasteiger partial charge in [0.25, 0.3) is 0 Å². The second kappa shape index (κ2) is 11.9. The number of aliphatic hydroxyl groups is 1. The van der Waals surface area contributed by atoms with Crippen LogP contribution in [0.3, 0.4) is 0 Å². The molecule has 5 nitrogen and oxygen atoms in total. The van der Waals surface area contributed by atoms with E-state index in [0.29, 0.717) is 0 Å². The van der Waals surface area contributed by atoms with E-state index in [2.05, 4.69) is 19.8 Å². The Morgan fingerprint density at radius 2 is 1.68 bits per heavy atom. The fourth-order valence-electron chi connectivity index (χ4n) is 1.80. The molecule has 0 atom stereocenters. The smallest absolute Gasteiger partial charge is 0.147 e. The van der Waals surface area contributed by atoms with Crippen LogP contribution in [0, 0.1) is 0 Å². The second-order valence-electron chi connectivity index (χ2n) is 3.62. The highest BCUT2D eigenvalue weighted by molar-refractivity contribution is 5.35. The molecule has 19 heavy (non-hydrogen) atoms. The number of aliphatic hydroxyl groups excluding tert-OH is 1. The SMILES string of the molecule is CC.CC.OCCN1CCN(c2cnccn2)CC1. The van der Waals surface area contributed by atoms with E-state index in [1.165, 1.54) is 0 Å². The van der Waals surface area contributed by atoms with Gasteiger partial charge in [0.1, 0.15) is 5.82 Å². The standard InChI is InChI=1S/C10H16N4O.2C2H6/c15-8-7-13-3-5-14(6-4-13)10-9-11-1-2-12-10;2*1-2/h1-2,9,15H,3-8H2;2*1-2H3. The van der Waals surface area contributed by atoms with Crippen LogP contribution < -0.4 is 4.90 Å². The van der Waals surface area contributed by atoms with Crippen LogP contribution in [0.1, 0.15) is 27.7 Å². The summed E-state index contributed by atoms with van der Waals surface area (Å²) in [5, 5.41) is 8.82. The molecule has 1 aliphatic heterocycles. The van der Waals surface area contributed by atoms with E-state index >= 15 is 0 Å². The molecule has 2 heterocycles. The number of rotatable bonds is 3. The predicted octanol–water partition coefficient (Wildman–Crippen LogP) is 1.64. The van der Waals surface area contributed by atoms with Gasteiger partial charge in [-0.25, -0.2) is 4.98 Å². The fourth-order valence-corrected chi connectivity index (χ4v) is 1.80. The third-order valence-electron chi connectivity index (χ3n) is 2.66. The third kappa shape index (κ3) is 6.50. The van der Waals surface area contributed by atoms with Crippen LogP contribution in [0.15, 0.2) is 18.6 Å². The van der Waals surface area contributed by atoms with Gasteiger partial charge in [-0.15, -0.1) is 0 Å². The van der Waals surface area contributed by atoms with Gasteiger partial charge in [0.05, 0.1) is 12.8 Å². The first-order valence-electron chi connectivity index (χ1n) is 7.24. The van der Waals surface area contributed by atoms with Crippen LogP contribution in [-0.2, 0) is 0 Å². The number of aromatic nitrogens is 2. The average Bonchev–Trinajstić information content (AvgIpc) is 2.53. The second-order valence-corrected chi connectivity index (χ2v) is 3.62. The van der Waals surface area contributed by atoms with Gasteiger partial charge in [0.15, 0.2) is 0 Å². The van der Waals surface area contributed by atoms with Gasteiger partial charge in [0.2, 0.25) is 0 Å². The Kier molecular flexibility index (Phi) is 11.1. The van der Waals surface area contributed by atoms with E-state index in [1.54, 1.807) is 18.6 Å². The molecule has 1 aromatic heterocycles. The van der Waals surface area contributed by atoms with Crippen molar-refractivity contribution in [1.82, 2.24) is 14.9 Å². The molecule has 0 saturated carbocycles. The van der Waals surface area contributed by atoms with Crippen molar-refractivity contribution in [3.63, 3.8) is 0 Å². The van der Waals surface area contributed by atoms with E-state index in [-0.39, 0.29) is 6.61 Å². The van der Waals surface area contributed by atoms with Crippen molar-refractivity contribution in [3.8, 4) is 0 Å². The maximum absolute atomic E-state index is 8.82. The first-order chi connectivity index (χ1) is 9.40. The van der Waals surface area contributed by atoms with Crippen molar-refractivity contribution in [1.29, 1.82) is 0 Å². The van der Waals surface area contributed by atoms with E-state index in [1.807, 2.05) is 27.7 Å². The summed E-state index contributed by atoms with van der Waals surface area (Å²) in [4.78, 5) is 12.8. The van der Waals surface area contributed by atoms with Gasteiger partial charge < -0.3 is 10.0 Å². The van der Waals surface area contributed by atoms with Gasteiger partial charge in [-0.2, -0.15) is 0 Å². The quantitative estimate of drug-likeness (QED) is 0.903. The average molecular weight is 268 g/mol. The summed E-state index contributed by atoms with van der Waals surface area (Å²) in [6, 6.07) is 0. The topological polar surface area (TPSA) is 52.5 Å². The van der Waals surface area contributed by atoms with E-state index in [0.717, 1.165) is 38.5 Å². The van der Waals surface area contributed by atoms with Crippen LogP contribution in [0.4, 0.5) is 5.82 Å². The number of anilines is 1. The molecular weight excluding hydrogens is 240 g/mol. The fraction of sp³-hybridized carbons (Fsp3) is 0.714. The van der Waals surface area contributed by atoms with Crippen molar-refractivity contribution in [2.24, 2.45) is 0 Å². The summed E-state index contributed by atoms with van der Waals surface area (Å²) in [7, 11) is 0. The van der Waals surface area contributed by atoms with Crippen molar-refractivity contribution >= 4 is 5.82 Å². The molecule has 0 aliphatic carbocycles. The van der Waals surface area contributed by atoms with Crippen molar-refractivity contribution in [2.45, 2.75) is 27.7 Å². The Morgan fingerprint density at radius 3 is 2.16 bits per heavy atom. The Hall–Kier alpha value is -1.20. The molecule has 0 amide bonds. The van der Waals surface area contributed by atoms with Gasteiger partial charge in [0, 0.05) is 45.1 Å². The predicted molar refractivity (Wildman–Crippen MR) is 80.5 cm³/mol. The van der Waals surface area contributed by atoms with Crippen LogP contribution in [0.25, 0.3) is 0 Å². The number of hydrogen-bond acceptors (Lipinski definition) is 5. The lowest BCUT2D eigenvalue weighted by atomic mass is 10.3. The summed E-state index contributed by atoms with van der Waals surface area (Å²) in [6.07, 6.45) is 5.20. The Morgan fingerprint density at radius 1 is 1.05 bits per heavy atom. The van der Waals surface area contributed by atoms with E-state index in [4.69, 9.17) is 5.11 Å². The molecule has 1 aromatic rings. The summed E-state index contributed by atoms with van der Waals surface area (Å²) >= 11 is 0. The molecule has 1 aliphatic rings. The molecule has 110 valence electrons. The molecule has 0 spiro atoms. The molecule has 2 rings (SSSR count). The minimum Gasteiger partial charge on any atom is -0.395 e. The molecule has 1 N–H and O–H groups in total. The summed E-state index contributed by atoms with van der Waals surface area (Å²) in [5.74, 6) is 0.946. The summed E-state index contributed by atoms with van der Waals surface area (Å²) < 4.78 is 0. The highest BCUT2D eigenvalue weighted by Gasteiger charge is 2.16. The van der Waals surface area contributed by atoms with Crippen molar-refractivity contribution < 1.29 is 5.11 Å². The zero-order valence-corrected chi connectivity index (χ0v) is 12.7. The highest BCUT2D eigenvalue weighted by Crippen LogP contribution is 2.10. The zero-order chi connectivity index (χ0) is 14.5. The zero-order valence-electron chi connectivity index (χ0n) is 12.7. The monoisotopic (exact) mass is 268 g/mol. The van der Waals surface area contributed by atoms with Crippen molar-refractivity contribution in [2.75, 3.05) is 44.2 Å². The lowest BCUT2D eigenvalue weighted by Crippen LogP contribution is -2.47. The van der Waals surface area contributed by atoms with Crippen LogP contribution >= 0.6 is 0 Å². The molecule has 0 unspecified atom stereocenters. The number of β-amino-alcohol motifs (C(OH)–C–C–N with tert-alkyl or cyclic N) is 1. The van der Waals surface area contributed by atoms with Crippen LogP contribution in [0.2, 0.25) is 0 Å². The lowest BCUT2D eigenvalue weighted by molar-refractivity contribution is 0.188. The highest BCUT2D eigenvalue weighted by atomic mass is 16.3. The Labute approximate surface area is 117 Å². The Balaban J connectivity index is 0.000000741. The van der Waals surface area contributed by atoms with Crippen LogP contribution in [-0.4, -0.2) is 59.3 Å². The van der Waals surface area contributed by atoms with Gasteiger partial charge in [-0.3, -0.25) is 9.88 Å². The largest absolute Gasteiger partial charge is 0.395 e. The number of nitrogens with zero attached hydrogens (tertiary/aromatic N) is 4. The maximum Gasteiger partial charge on any atom is 0.147 e. The first-order valence-corrected chi connectivity index (χ1v) is 7.24. The third-order valence-corrected chi connectivity index (χ3v) is 2.66. The molecule has 0 bridgehead atoms. The van der Waals surface area contributed by atoms with Gasteiger partial charge in [-0.1, -0.05) is 27.7 Å². The molecule has 0 aromatic carbocycles. The van der Waals surface area contributed by atoms with E-state index < -0.39 is 0 Å². The molecule has 1 fully saturated rings.